The minimum atomic E-state index is -2.64. The monoisotopic (exact) mass is 552 g/mol. The summed E-state index contributed by atoms with van der Waals surface area (Å²) >= 11 is 0. The smallest absolute Gasteiger partial charge is 0.255 e. The fourth-order valence-electron chi connectivity index (χ4n) is 8.44. The Labute approximate surface area is 232 Å². The van der Waals surface area contributed by atoms with Crippen LogP contribution >= 0.6 is 0 Å². The fourth-order valence-corrected chi connectivity index (χ4v) is 8.44. The lowest BCUT2D eigenvalue weighted by Gasteiger charge is -2.50. The number of carbonyl (C=O) groups excluding carboxylic acids is 3. The molecule has 7 atom stereocenters. The number of primary amides is 1. The summed E-state index contributed by atoms with van der Waals surface area (Å²) < 4.78 is 0. The van der Waals surface area contributed by atoms with Crippen molar-refractivity contribution in [3.63, 3.8) is 0 Å². The number of nitrogens with zero attached hydrogens (tertiary/aromatic N) is 3. The van der Waals surface area contributed by atoms with Gasteiger partial charge in [0, 0.05) is 42.9 Å². The number of anilines is 1. The van der Waals surface area contributed by atoms with Crippen LogP contribution in [-0.2, 0) is 16.0 Å². The van der Waals surface area contributed by atoms with Gasteiger partial charge in [-0.1, -0.05) is 0 Å². The Kier molecular flexibility index (Phi) is 5.72. The number of aromatic hydroxyl groups is 1. The lowest BCUT2D eigenvalue weighted by molar-refractivity contribution is -0.148. The molecule has 3 unspecified atom stereocenters. The number of aliphatic hydroxyl groups excluding tert-OH is 2. The number of ketones is 2. The van der Waals surface area contributed by atoms with Gasteiger partial charge in [-0.15, -0.1) is 0 Å². The van der Waals surface area contributed by atoms with Crippen LogP contribution in [0.5, 0.6) is 5.75 Å². The number of hydrogen-bond acceptors (Lipinski definition) is 10. The number of phenols is 1. The highest BCUT2D eigenvalue weighted by atomic mass is 16.3. The van der Waals surface area contributed by atoms with E-state index in [4.69, 9.17) is 5.73 Å². The highest BCUT2D eigenvalue weighted by Gasteiger charge is 2.63. The molecule has 0 bridgehead atoms. The standard InChI is InChI=1S/C29H36N4O7/c1-11-6-13-10-32(4)22-14-7-12-8-16-23(31(2)3)25(36)20(28(30)39)27(38)29(16,40)26(37)18(12)24(35)19(14)17(34)9-15(22)21(13)33(11)5/h9,11-13,16,21,23,34,36-37,40H,6-8,10H2,1-5H3,(H2,30,39)/t11?,12-,13?,16-,21?,23+,29-/m0/s1. The molecule has 1 aromatic carbocycles. The van der Waals surface area contributed by atoms with E-state index in [0.29, 0.717) is 17.5 Å². The molecule has 6 N–H and O–H groups in total. The summed E-state index contributed by atoms with van der Waals surface area (Å²) in [6.07, 6.45) is 1.38. The van der Waals surface area contributed by atoms with Gasteiger partial charge < -0.3 is 31.1 Å². The van der Waals surface area contributed by atoms with Gasteiger partial charge in [-0.05, 0) is 76.4 Å². The first-order valence-electron chi connectivity index (χ1n) is 13.7. The molecule has 0 saturated carbocycles. The second-order valence-electron chi connectivity index (χ2n) is 12.5. The molecule has 1 aromatic rings. The first kappa shape index (κ1) is 26.8. The van der Waals surface area contributed by atoms with E-state index in [1.54, 1.807) is 25.1 Å². The number of hydrogen-bond donors (Lipinski definition) is 5. The molecule has 1 saturated heterocycles. The van der Waals surface area contributed by atoms with Crippen LogP contribution in [0.2, 0.25) is 0 Å². The third-order valence-corrected chi connectivity index (χ3v) is 10.2. The number of rotatable bonds is 2. The molecule has 6 rings (SSSR count). The van der Waals surface area contributed by atoms with E-state index in [0.717, 1.165) is 24.2 Å². The molecule has 11 nitrogen and oxygen atoms in total. The van der Waals surface area contributed by atoms with E-state index in [-0.39, 0.29) is 35.8 Å². The lowest BCUT2D eigenvalue weighted by atomic mass is 9.58. The van der Waals surface area contributed by atoms with E-state index in [1.165, 1.54) is 0 Å². The van der Waals surface area contributed by atoms with Crippen molar-refractivity contribution in [3.8, 4) is 5.75 Å². The summed E-state index contributed by atoms with van der Waals surface area (Å²) in [7, 11) is 7.30. The van der Waals surface area contributed by atoms with Gasteiger partial charge >= 0.3 is 0 Å². The van der Waals surface area contributed by atoms with Gasteiger partial charge in [0.15, 0.2) is 11.4 Å². The average molecular weight is 553 g/mol. The molecule has 1 fully saturated rings. The van der Waals surface area contributed by atoms with Crippen molar-refractivity contribution >= 4 is 23.2 Å². The number of fused-ring (bicyclic) bond motifs is 7. The minimum absolute atomic E-state index is 0.0542. The van der Waals surface area contributed by atoms with E-state index in [1.807, 2.05) is 7.05 Å². The number of aliphatic hydroxyl groups is 3. The van der Waals surface area contributed by atoms with Crippen LogP contribution < -0.4 is 10.6 Å². The summed E-state index contributed by atoms with van der Waals surface area (Å²) in [6, 6.07) is 1.10. The van der Waals surface area contributed by atoms with Crippen molar-refractivity contribution < 1.29 is 34.8 Å². The van der Waals surface area contributed by atoms with E-state index >= 15 is 0 Å². The third kappa shape index (κ3) is 3.19. The van der Waals surface area contributed by atoms with Crippen LogP contribution in [-0.4, -0.2) is 100 Å². The molecular formula is C29H36N4O7. The van der Waals surface area contributed by atoms with Crippen LogP contribution in [0, 0.1) is 17.8 Å². The van der Waals surface area contributed by atoms with Crippen LogP contribution in [0.4, 0.5) is 5.69 Å². The van der Waals surface area contributed by atoms with E-state index < -0.39 is 58.0 Å². The van der Waals surface area contributed by atoms with E-state index in [9.17, 15) is 34.8 Å². The van der Waals surface area contributed by atoms with Gasteiger partial charge in [0.25, 0.3) is 5.91 Å². The number of carbonyl (C=O) groups is 3. The Morgan fingerprint density at radius 1 is 1.15 bits per heavy atom. The SMILES string of the molecule is CC1CC2CN(C)c3c(cc(O)c4c3C[C@H]3C[C@H]5[C@@H](N(C)C)C(O)=C(C(N)=O)C(=O)[C@@]5(O)C(O)=C3C4=O)C2N1C. The van der Waals surface area contributed by atoms with Crippen LogP contribution in [0.1, 0.15) is 47.3 Å². The molecule has 11 heteroatoms. The van der Waals surface area contributed by atoms with Gasteiger partial charge in [-0.3, -0.25) is 24.2 Å². The molecule has 0 aromatic heterocycles. The van der Waals surface area contributed by atoms with Crippen LogP contribution in [0.25, 0.3) is 0 Å². The van der Waals surface area contributed by atoms with Gasteiger partial charge in [0.05, 0.1) is 11.6 Å². The molecule has 0 spiro atoms. The van der Waals surface area contributed by atoms with Gasteiger partial charge in [0.1, 0.15) is 22.8 Å². The number of nitrogens with two attached hydrogens (primary N) is 1. The number of amides is 1. The highest BCUT2D eigenvalue weighted by molar-refractivity contribution is 6.25. The zero-order chi connectivity index (χ0) is 29.2. The minimum Gasteiger partial charge on any atom is -0.510 e. The number of phenolic OH excluding ortho intramolecular Hbond substituents is 1. The average Bonchev–Trinajstić information content (AvgIpc) is 3.13. The highest BCUT2D eigenvalue weighted by Crippen LogP contribution is 2.56. The quantitative estimate of drug-likeness (QED) is 0.333. The largest absolute Gasteiger partial charge is 0.510 e. The Morgan fingerprint density at radius 2 is 1.82 bits per heavy atom. The van der Waals surface area contributed by atoms with Crippen molar-refractivity contribution in [2.45, 2.75) is 49.9 Å². The zero-order valence-electron chi connectivity index (χ0n) is 23.3. The maximum absolute atomic E-state index is 14.0. The maximum atomic E-state index is 14.0. The van der Waals surface area contributed by atoms with Gasteiger partial charge in [0.2, 0.25) is 5.78 Å². The Hall–Kier alpha value is -3.41. The van der Waals surface area contributed by atoms with Crippen molar-refractivity contribution in [3.05, 3.63) is 45.4 Å². The number of benzene rings is 1. The summed E-state index contributed by atoms with van der Waals surface area (Å²) in [5.74, 6) is -6.02. The lowest BCUT2D eigenvalue weighted by Crippen LogP contribution is -2.63. The maximum Gasteiger partial charge on any atom is 0.255 e. The molecule has 3 aliphatic carbocycles. The number of allylic oxidation sites excluding steroid dienone is 1. The number of likely N-dealkylation sites (tertiary alicyclic amines) is 1. The van der Waals surface area contributed by atoms with Gasteiger partial charge in [-0.2, -0.15) is 0 Å². The summed E-state index contributed by atoms with van der Waals surface area (Å²) in [4.78, 5) is 45.7. The van der Waals surface area contributed by atoms with Crippen molar-refractivity contribution in [1.82, 2.24) is 9.80 Å². The predicted molar refractivity (Wildman–Crippen MR) is 145 cm³/mol. The molecular weight excluding hydrogens is 516 g/mol. The second kappa shape index (κ2) is 8.55. The Balaban J connectivity index is 1.54. The Morgan fingerprint density at radius 3 is 2.45 bits per heavy atom. The zero-order valence-corrected chi connectivity index (χ0v) is 23.3. The van der Waals surface area contributed by atoms with Crippen molar-refractivity contribution in [1.29, 1.82) is 0 Å². The Bertz CT molecular complexity index is 1450. The first-order valence-corrected chi connectivity index (χ1v) is 13.7. The topological polar surface area (TPSA) is 168 Å². The summed E-state index contributed by atoms with van der Waals surface area (Å²) in [5.41, 5.74) is 4.40. The molecule has 2 aliphatic heterocycles. The molecule has 0 radical (unpaired) electrons. The fraction of sp³-hybridized carbons (Fsp3) is 0.552. The first-order chi connectivity index (χ1) is 18.7. The van der Waals surface area contributed by atoms with Crippen LogP contribution in [0.15, 0.2) is 28.7 Å². The van der Waals surface area contributed by atoms with E-state index in [2.05, 4.69) is 23.8 Å². The van der Waals surface area contributed by atoms with Crippen LogP contribution in [0.3, 0.4) is 0 Å². The van der Waals surface area contributed by atoms with Crippen molar-refractivity contribution in [2.75, 3.05) is 39.6 Å². The third-order valence-electron chi connectivity index (χ3n) is 10.2. The van der Waals surface area contributed by atoms with Crippen molar-refractivity contribution in [2.24, 2.45) is 23.5 Å². The molecule has 1 amide bonds. The molecule has 5 aliphatic rings. The number of likely N-dealkylation sites (N-methyl/N-ethyl adjacent to an activating group) is 1. The van der Waals surface area contributed by atoms with Gasteiger partial charge in [-0.25, -0.2) is 0 Å². The second-order valence-corrected chi connectivity index (χ2v) is 12.5. The normalized spacial score (nSPS) is 35.4. The molecule has 2 heterocycles. The summed E-state index contributed by atoms with van der Waals surface area (Å²) in [5, 5.41) is 45.5. The molecule has 214 valence electrons. The predicted octanol–water partition coefficient (Wildman–Crippen LogP) is 0.952. The number of Topliss-reactive ketones (excluding diaryl/α,β-unsaturated/α-hetero) is 2. The molecule has 40 heavy (non-hydrogen) atoms. The summed E-state index contributed by atoms with van der Waals surface area (Å²) in [6.45, 7) is 2.98.